The first-order chi connectivity index (χ1) is 8.06. The summed E-state index contributed by atoms with van der Waals surface area (Å²) in [6.07, 6.45) is 0. The zero-order valence-electron chi connectivity index (χ0n) is 13.0. The molecule has 102 valence electrons. The first-order valence-electron chi connectivity index (χ1n) is 6.43. The van der Waals surface area contributed by atoms with Crippen molar-refractivity contribution >= 4 is 21.6 Å². The van der Waals surface area contributed by atoms with Gasteiger partial charge in [0.15, 0.2) is 0 Å². The van der Waals surface area contributed by atoms with E-state index in [2.05, 4.69) is 58.3 Å². The summed E-state index contributed by atoms with van der Waals surface area (Å²) < 4.78 is 11.9. The summed E-state index contributed by atoms with van der Waals surface area (Å²) in [6, 6.07) is 4.16. The van der Waals surface area contributed by atoms with Gasteiger partial charge < -0.3 is 9.16 Å². The van der Waals surface area contributed by atoms with E-state index in [4.69, 9.17) is 9.16 Å². The van der Waals surface area contributed by atoms with E-state index in [0.717, 1.165) is 11.5 Å². The third-order valence-electron chi connectivity index (χ3n) is 2.69. The number of benzene rings is 1. The number of rotatable bonds is 4. The molecule has 1 aromatic carbocycles. The number of ether oxygens (including phenoxy) is 1. The van der Waals surface area contributed by atoms with Crippen molar-refractivity contribution in [2.45, 2.75) is 46.2 Å². The third-order valence-corrected chi connectivity index (χ3v) is 5.48. The average molecular weight is 283 g/mol. The van der Waals surface area contributed by atoms with Crippen LogP contribution in [0.4, 0.5) is 0 Å². The first kappa shape index (κ1) is 15.3. The molecule has 1 rings (SSSR count). The molecule has 1 aromatic rings. The van der Waals surface area contributed by atoms with E-state index in [1.54, 1.807) is 7.11 Å². The van der Waals surface area contributed by atoms with E-state index in [-0.39, 0.29) is 0 Å². The summed E-state index contributed by atoms with van der Waals surface area (Å²) in [5, 5.41) is 1.31. The monoisotopic (exact) mass is 282 g/mol. The molecule has 2 nitrogen and oxygen atoms in total. The Morgan fingerprint density at radius 1 is 0.944 bits per heavy atom. The van der Waals surface area contributed by atoms with Crippen LogP contribution in [0.1, 0.15) is 5.56 Å². The number of hydrogen-bond acceptors (Lipinski definition) is 2. The van der Waals surface area contributed by atoms with Crippen LogP contribution < -0.4 is 14.3 Å². The fourth-order valence-electron chi connectivity index (χ4n) is 1.99. The highest BCUT2D eigenvalue weighted by atomic mass is 28.4. The summed E-state index contributed by atoms with van der Waals surface area (Å²) in [5.41, 5.74) is 1.22. The van der Waals surface area contributed by atoms with Crippen LogP contribution in [0.15, 0.2) is 12.1 Å². The Balaban J connectivity index is 3.46. The van der Waals surface area contributed by atoms with Gasteiger partial charge in [-0.25, -0.2) is 0 Å². The molecule has 18 heavy (non-hydrogen) atoms. The SMILES string of the molecule is COc1ccc(C)c(O[Si](C)(C)C)c1[Si](C)(C)C. The van der Waals surface area contributed by atoms with Gasteiger partial charge in [0, 0.05) is 5.19 Å². The standard InChI is InChI=1S/C14H26O2Si2/c1-11-9-10-12(15-2)14(17(3,4)5)13(11)16-18(6,7)8/h9-10H,1-8H3. The Kier molecular flexibility index (Phi) is 4.33. The zero-order chi connectivity index (χ0) is 14.1. The summed E-state index contributed by atoms with van der Waals surface area (Å²) >= 11 is 0. The van der Waals surface area contributed by atoms with E-state index in [9.17, 15) is 0 Å². The predicted molar refractivity (Wildman–Crippen MR) is 84.7 cm³/mol. The van der Waals surface area contributed by atoms with Gasteiger partial charge in [0.1, 0.15) is 11.5 Å². The van der Waals surface area contributed by atoms with Crippen molar-refractivity contribution in [2.24, 2.45) is 0 Å². The minimum absolute atomic E-state index is 0.980. The molecular weight excluding hydrogens is 256 g/mol. The molecular formula is C14H26O2Si2. The molecule has 0 amide bonds. The predicted octanol–water partition coefficient (Wildman–Crippen LogP) is 3.76. The van der Waals surface area contributed by atoms with Gasteiger partial charge in [0.2, 0.25) is 8.32 Å². The lowest BCUT2D eigenvalue weighted by Crippen LogP contribution is -2.43. The van der Waals surface area contributed by atoms with Crippen LogP contribution >= 0.6 is 0 Å². The highest BCUT2D eigenvalue weighted by Crippen LogP contribution is 2.28. The van der Waals surface area contributed by atoms with Crippen LogP contribution in [0.5, 0.6) is 11.5 Å². The van der Waals surface area contributed by atoms with E-state index >= 15 is 0 Å². The lowest BCUT2D eigenvalue weighted by molar-refractivity contribution is 0.415. The molecule has 0 aliphatic heterocycles. The lowest BCUT2D eigenvalue weighted by atomic mass is 10.2. The summed E-state index contributed by atoms with van der Waals surface area (Å²) in [6.45, 7) is 15.8. The topological polar surface area (TPSA) is 18.5 Å². The molecule has 0 aliphatic carbocycles. The highest BCUT2D eigenvalue weighted by molar-refractivity contribution is 6.90. The fourth-order valence-corrected chi connectivity index (χ4v) is 4.82. The molecule has 0 radical (unpaired) electrons. The zero-order valence-corrected chi connectivity index (χ0v) is 15.0. The molecule has 0 heterocycles. The second kappa shape index (κ2) is 5.09. The van der Waals surface area contributed by atoms with Gasteiger partial charge in [-0.1, -0.05) is 25.7 Å². The van der Waals surface area contributed by atoms with Gasteiger partial charge in [-0.05, 0) is 38.2 Å². The molecule has 0 atom stereocenters. The van der Waals surface area contributed by atoms with E-state index < -0.39 is 16.4 Å². The van der Waals surface area contributed by atoms with Crippen molar-refractivity contribution in [3.05, 3.63) is 17.7 Å². The van der Waals surface area contributed by atoms with Gasteiger partial charge in [-0.15, -0.1) is 0 Å². The smallest absolute Gasteiger partial charge is 0.242 e. The van der Waals surface area contributed by atoms with Crippen LogP contribution in [0, 0.1) is 6.92 Å². The quantitative estimate of drug-likeness (QED) is 0.783. The molecule has 0 aliphatic rings. The van der Waals surface area contributed by atoms with Gasteiger partial charge in [-0.3, -0.25) is 0 Å². The Bertz CT molecular complexity index is 429. The lowest BCUT2D eigenvalue weighted by Gasteiger charge is -2.29. The summed E-state index contributed by atoms with van der Waals surface area (Å²) in [4.78, 5) is 0. The van der Waals surface area contributed by atoms with Crippen LogP contribution in [-0.2, 0) is 0 Å². The normalized spacial score (nSPS) is 12.4. The Labute approximate surface area is 113 Å². The van der Waals surface area contributed by atoms with Crippen molar-refractivity contribution in [1.29, 1.82) is 0 Å². The van der Waals surface area contributed by atoms with Crippen molar-refractivity contribution in [2.75, 3.05) is 7.11 Å². The van der Waals surface area contributed by atoms with Gasteiger partial charge in [0.25, 0.3) is 0 Å². The second-order valence-corrected chi connectivity index (χ2v) is 16.2. The fraction of sp³-hybridized carbons (Fsp3) is 0.571. The average Bonchev–Trinajstić information content (AvgIpc) is 2.17. The van der Waals surface area contributed by atoms with E-state index in [1.807, 2.05) is 0 Å². The number of methoxy groups -OCH3 is 1. The van der Waals surface area contributed by atoms with Crippen LogP contribution in [0.2, 0.25) is 39.3 Å². The molecule has 0 unspecified atom stereocenters. The third kappa shape index (κ3) is 3.62. The number of hydrogen-bond donors (Lipinski definition) is 0. The van der Waals surface area contributed by atoms with Gasteiger partial charge >= 0.3 is 0 Å². The Hall–Kier alpha value is -0.746. The van der Waals surface area contributed by atoms with Gasteiger partial charge in [-0.2, -0.15) is 0 Å². The van der Waals surface area contributed by atoms with E-state index in [1.165, 1.54) is 10.8 Å². The maximum absolute atomic E-state index is 6.33. The maximum Gasteiger partial charge on any atom is 0.242 e. The van der Waals surface area contributed by atoms with Gasteiger partial charge in [0.05, 0.1) is 15.2 Å². The molecule has 0 aromatic heterocycles. The summed E-state index contributed by atoms with van der Waals surface area (Å²) in [5.74, 6) is 2.06. The second-order valence-electron chi connectivity index (χ2n) is 6.75. The van der Waals surface area contributed by atoms with Crippen molar-refractivity contribution < 1.29 is 9.16 Å². The first-order valence-corrected chi connectivity index (χ1v) is 13.3. The Morgan fingerprint density at radius 2 is 1.50 bits per heavy atom. The molecule has 0 fully saturated rings. The maximum atomic E-state index is 6.33. The minimum Gasteiger partial charge on any atom is -0.544 e. The molecule has 0 N–H and O–H groups in total. The molecule has 4 heteroatoms. The van der Waals surface area contributed by atoms with Crippen molar-refractivity contribution in [3.63, 3.8) is 0 Å². The Morgan fingerprint density at radius 3 is 1.89 bits per heavy atom. The molecule has 0 spiro atoms. The molecule has 0 bridgehead atoms. The van der Waals surface area contributed by atoms with Crippen LogP contribution in [0.25, 0.3) is 0 Å². The molecule has 0 saturated heterocycles. The van der Waals surface area contributed by atoms with Crippen LogP contribution in [-0.4, -0.2) is 23.5 Å². The highest BCUT2D eigenvalue weighted by Gasteiger charge is 2.29. The van der Waals surface area contributed by atoms with Crippen molar-refractivity contribution in [1.82, 2.24) is 0 Å². The largest absolute Gasteiger partial charge is 0.544 e. The summed E-state index contributed by atoms with van der Waals surface area (Å²) in [7, 11) is -1.37. The minimum atomic E-state index is -1.61. The van der Waals surface area contributed by atoms with Crippen LogP contribution in [0.3, 0.4) is 0 Å². The van der Waals surface area contributed by atoms with E-state index in [0.29, 0.717) is 0 Å². The molecule has 0 saturated carbocycles. The van der Waals surface area contributed by atoms with Crippen molar-refractivity contribution in [3.8, 4) is 11.5 Å². The number of aryl methyl sites for hydroxylation is 1.